The van der Waals surface area contributed by atoms with E-state index in [1.165, 1.54) is 0 Å². The molecule has 0 heterocycles. The summed E-state index contributed by atoms with van der Waals surface area (Å²) in [6.45, 7) is 0. The predicted octanol–water partition coefficient (Wildman–Crippen LogP) is 4.33. The quantitative estimate of drug-likeness (QED) is 0.536. The van der Waals surface area contributed by atoms with E-state index in [1.54, 1.807) is 0 Å². The molecule has 1 aliphatic rings. The van der Waals surface area contributed by atoms with Crippen LogP contribution in [-0.2, 0) is 0 Å². The Bertz CT molecular complexity index is 455. The van der Waals surface area contributed by atoms with Crippen LogP contribution in [0.25, 0.3) is 0 Å². The highest BCUT2D eigenvalue weighted by Crippen LogP contribution is 2.24. The van der Waals surface area contributed by atoms with Crippen LogP contribution in [0.15, 0.2) is 22.7 Å². The average molecular weight is 443 g/mol. The van der Waals surface area contributed by atoms with E-state index in [1.807, 2.05) is 18.2 Å². The molecule has 2 unspecified atom stereocenters. The molecule has 2 nitrogen and oxygen atoms in total. The van der Waals surface area contributed by atoms with Crippen molar-refractivity contribution in [3.8, 4) is 0 Å². The normalized spacial score (nSPS) is 23.7. The average Bonchev–Trinajstić information content (AvgIpc) is 2.35. The van der Waals surface area contributed by atoms with Gasteiger partial charge in [-0.3, -0.25) is 4.79 Å². The van der Waals surface area contributed by atoms with Gasteiger partial charge in [0, 0.05) is 14.1 Å². The van der Waals surface area contributed by atoms with Crippen LogP contribution in [-0.4, -0.2) is 17.3 Å². The molecule has 1 N–H and O–H groups in total. The van der Waals surface area contributed by atoms with Crippen LogP contribution < -0.4 is 5.32 Å². The van der Waals surface area contributed by atoms with Crippen molar-refractivity contribution in [3.63, 3.8) is 0 Å². The Morgan fingerprint density at radius 2 is 2.11 bits per heavy atom. The van der Waals surface area contributed by atoms with Gasteiger partial charge in [-0.1, -0.05) is 28.8 Å². The summed E-state index contributed by atoms with van der Waals surface area (Å²) < 4.78 is 1.87. The molecule has 18 heavy (non-hydrogen) atoms. The molecule has 0 bridgehead atoms. The Balaban J connectivity index is 2.09. The Hall–Kier alpha value is 0.190. The van der Waals surface area contributed by atoms with Crippen LogP contribution in [0.4, 0.5) is 0 Å². The first-order valence-electron chi connectivity index (χ1n) is 5.98. The van der Waals surface area contributed by atoms with Crippen LogP contribution >= 0.6 is 50.1 Å². The zero-order valence-electron chi connectivity index (χ0n) is 9.76. The molecular weight excluding hydrogens is 428 g/mol. The van der Waals surface area contributed by atoms with Gasteiger partial charge in [-0.25, -0.2) is 0 Å². The minimum Gasteiger partial charge on any atom is -0.348 e. The molecule has 0 saturated heterocycles. The Morgan fingerprint density at radius 1 is 1.39 bits per heavy atom. The van der Waals surface area contributed by atoms with Crippen molar-refractivity contribution >= 4 is 56.0 Å². The van der Waals surface area contributed by atoms with Gasteiger partial charge in [-0.05, 0) is 53.6 Å². The van der Waals surface area contributed by atoms with Crippen molar-refractivity contribution in [3.05, 3.63) is 31.8 Å². The van der Waals surface area contributed by atoms with Crippen molar-refractivity contribution in [2.45, 2.75) is 37.1 Å². The lowest BCUT2D eigenvalue weighted by atomic mass is 9.94. The monoisotopic (exact) mass is 441 g/mol. The minimum atomic E-state index is -0.0294. The van der Waals surface area contributed by atoms with E-state index in [4.69, 9.17) is 11.6 Å². The summed E-state index contributed by atoms with van der Waals surface area (Å²) in [7, 11) is 0. The highest BCUT2D eigenvalue weighted by atomic mass is 127. The first-order chi connectivity index (χ1) is 8.58. The molecule has 0 aliphatic heterocycles. The molecule has 1 aliphatic carbocycles. The number of carbonyl (C=O) groups is 1. The van der Waals surface area contributed by atoms with Gasteiger partial charge in [0.25, 0.3) is 5.91 Å². The zero-order chi connectivity index (χ0) is 13.1. The molecule has 1 fully saturated rings. The van der Waals surface area contributed by atoms with Crippen molar-refractivity contribution in [1.29, 1.82) is 0 Å². The van der Waals surface area contributed by atoms with E-state index in [0.717, 1.165) is 33.7 Å². The number of nitrogens with one attached hydrogen (secondary N) is 1. The smallest absolute Gasteiger partial charge is 0.252 e. The lowest BCUT2D eigenvalue weighted by Crippen LogP contribution is -2.43. The molecule has 2 atom stereocenters. The van der Waals surface area contributed by atoms with Crippen molar-refractivity contribution in [2.24, 2.45) is 0 Å². The summed E-state index contributed by atoms with van der Waals surface area (Å²) >= 11 is 11.8. The van der Waals surface area contributed by atoms with Crippen molar-refractivity contribution in [1.82, 2.24) is 5.32 Å². The molecule has 1 amide bonds. The van der Waals surface area contributed by atoms with E-state index >= 15 is 0 Å². The second-order valence-corrected chi connectivity index (χ2v) is 7.14. The number of rotatable bonds is 2. The lowest BCUT2D eigenvalue weighted by molar-refractivity contribution is 0.0927. The maximum Gasteiger partial charge on any atom is 0.252 e. The zero-order valence-corrected chi connectivity index (χ0v) is 14.3. The van der Waals surface area contributed by atoms with Crippen molar-refractivity contribution in [2.75, 3.05) is 0 Å². The number of carbonyl (C=O) groups excluding carboxylic acids is 1. The van der Waals surface area contributed by atoms with E-state index < -0.39 is 0 Å². The molecule has 0 radical (unpaired) electrons. The van der Waals surface area contributed by atoms with Crippen molar-refractivity contribution < 1.29 is 4.79 Å². The number of alkyl halides is 1. The molecule has 1 aromatic carbocycles. The molecule has 0 spiro atoms. The first kappa shape index (κ1) is 14.6. The van der Waals surface area contributed by atoms with E-state index in [2.05, 4.69) is 43.8 Å². The fourth-order valence-electron chi connectivity index (χ4n) is 2.17. The molecule has 2 rings (SSSR count). The first-order valence-corrected chi connectivity index (χ1v) is 8.29. The maximum absolute atomic E-state index is 12.2. The lowest BCUT2D eigenvalue weighted by Gasteiger charge is -2.28. The van der Waals surface area contributed by atoms with Crippen LogP contribution in [0.1, 0.15) is 36.0 Å². The maximum atomic E-state index is 12.2. The predicted molar refractivity (Wildman–Crippen MR) is 86.2 cm³/mol. The Labute approximate surface area is 134 Å². The second kappa shape index (κ2) is 6.57. The van der Waals surface area contributed by atoms with E-state index in [9.17, 15) is 4.79 Å². The molecule has 1 aromatic rings. The van der Waals surface area contributed by atoms with Gasteiger partial charge in [-0.15, -0.1) is 11.6 Å². The topological polar surface area (TPSA) is 29.1 Å². The highest BCUT2D eigenvalue weighted by Gasteiger charge is 2.25. The van der Waals surface area contributed by atoms with Crippen LogP contribution in [0.2, 0.25) is 0 Å². The Kier molecular flexibility index (Phi) is 5.33. The van der Waals surface area contributed by atoms with Gasteiger partial charge in [0.15, 0.2) is 0 Å². The van der Waals surface area contributed by atoms with E-state index in [0.29, 0.717) is 5.56 Å². The molecule has 1 saturated carbocycles. The number of hydrogen-bond donors (Lipinski definition) is 1. The Morgan fingerprint density at radius 3 is 2.83 bits per heavy atom. The van der Waals surface area contributed by atoms with E-state index in [-0.39, 0.29) is 17.3 Å². The highest BCUT2D eigenvalue weighted by molar-refractivity contribution is 14.1. The standard InChI is InChI=1S/C13H14BrClINO/c14-8-5-6-11(16)9(7-8)13(18)17-12-4-2-1-3-10(12)15/h5-7,10,12H,1-4H2,(H,17,18). The molecule has 98 valence electrons. The fraction of sp³-hybridized carbons (Fsp3) is 0.462. The summed E-state index contributed by atoms with van der Waals surface area (Å²) in [6.07, 6.45) is 4.27. The molecular formula is C13H14BrClINO. The summed E-state index contributed by atoms with van der Waals surface area (Å²) in [6, 6.07) is 5.81. The third-order valence-electron chi connectivity index (χ3n) is 3.17. The third-order valence-corrected chi connectivity index (χ3v) is 5.13. The van der Waals surface area contributed by atoms with Gasteiger partial charge < -0.3 is 5.32 Å². The third kappa shape index (κ3) is 3.61. The summed E-state index contributed by atoms with van der Waals surface area (Å²) in [4.78, 5) is 12.2. The molecule has 0 aromatic heterocycles. The van der Waals surface area contributed by atoms with Gasteiger partial charge in [0.1, 0.15) is 0 Å². The summed E-state index contributed by atoms with van der Waals surface area (Å²) in [5, 5.41) is 3.12. The number of hydrogen-bond acceptors (Lipinski definition) is 1. The summed E-state index contributed by atoms with van der Waals surface area (Å²) in [5.41, 5.74) is 0.708. The minimum absolute atomic E-state index is 0.0294. The number of benzene rings is 1. The van der Waals surface area contributed by atoms with Gasteiger partial charge in [0.2, 0.25) is 0 Å². The fourth-order valence-corrected chi connectivity index (χ4v) is 3.45. The van der Waals surface area contributed by atoms with Crippen LogP contribution in [0, 0.1) is 3.57 Å². The second-order valence-electron chi connectivity index (χ2n) is 4.50. The SMILES string of the molecule is O=C(NC1CCCCC1Cl)c1cc(Br)ccc1I. The van der Waals surface area contributed by atoms with Crippen LogP contribution in [0.5, 0.6) is 0 Å². The van der Waals surface area contributed by atoms with Gasteiger partial charge in [-0.2, -0.15) is 0 Å². The number of halogens is 3. The number of amides is 1. The van der Waals surface area contributed by atoms with Gasteiger partial charge in [0.05, 0.1) is 10.9 Å². The van der Waals surface area contributed by atoms with Gasteiger partial charge >= 0.3 is 0 Å². The molecule has 5 heteroatoms. The largest absolute Gasteiger partial charge is 0.348 e. The van der Waals surface area contributed by atoms with Crippen LogP contribution in [0.3, 0.4) is 0 Å². The summed E-state index contributed by atoms with van der Waals surface area (Å²) in [5.74, 6) is -0.0294.